The maximum atomic E-state index is 11.0. The number of aromatic amines is 1. The molecule has 0 aliphatic heterocycles. The molecule has 138 valence electrons. The number of pyridine rings is 2. The van der Waals surface area contributed by atoms with Crippen molar-refractivity contribution in [1.82, 2.24) is 15.0 Å². The van der Waals surface area contributed by atoms with E-state index < -0.39 is 5.91 Å². The first kappa shape index (κ1) is 17.5. The van der Waals surface area contributed by atoms with Gasteiger partial charge in [0.1, 0.15) is 5.65 Å². The number of carbonyl (C=O) groups is 1. The average Bonchev–Trinajstić information content (AvgIpc) is 3.16. The van der Waals surface area contributed by atoms with E-state index in [0.29, 0.717) is 5.88 Å². The molecule has 1 aromatic carbocycles. The Morgan fingerprint density at radius 3 is 2.68 bits per heavy atom. The number of methoxy groups -OCH3 is 1. The Morgan fingerprint density at radius 2 is 1.93 bits per heavy atom. The molecule has 6 nitrogen and oxygen atoms in total. The number of nitrogens with zero attached hydrogens (tertiary/aromatic N) is 2. The molecular formula is C22H18N4O2. The highest BCUT2D eigenvalue weighted by atomic mass is 16.5. The number of hydrogen-bond acceptors (Lipinski definition) is 4. The van der Waals surface area contributed by atoms with Crippen LogP contribution in [0, 0.1) is 0 Å². The average molecular weight is 370 g/mol. The number of nitrogens with one attached hydrogen (secondary N) is 1. The number of nitrogens with two attached hydrogens (primary N) is 1. The number of carbonyl (C=O) groups excluding carboxylic acids is 1. The van der Waals surface area contributed by atoms with Gasteiger partial charge in [0.15, 0.2) is 0 Å². The van der Waals surface area contributed by atoms with Crippen LogP contribution in [0.15, 0.2) is 67.1 Å². The van der Waals surface area contributed by atoms with Crippen molar-refractivity contribution in [2.75, 3.05) is 7.11 Å². The highest BCUT2D eigenvalue weighted by Crippen LogP contribution is 2.31. The van der Waals surface area contributed by atoms with Crippen molar-refractivity contribution in [3.63, 3.8) is 0 Å². The number of benzene rings is 1. The quantitative estimate of drug-likeness (QED) is 0.523. The van der Waals surface area contributed by atoms with Crippen molar-refractivity contribution in [2.24, 2.45) is 5.73 Å². The fourth-order valence-electron chi connectivity index (χ4n) is 3.06. The van der Waals surface area contributed by atoms with Crippen molar-refractivity contribution >= 4 is 23.0 Å². The molecule has 4 rings (SSSR count). The fraction of sp³-hybridized carbons (Fsp3) is 0.0455. The molecule has 28 heavy (non-hydrogen) atoms. The van der Waals surface area contributed by atoms with Crippen LogP contribution in [0.3, 0.4) is 0 Å². The number of rotatable bonds is 5. The number of H-pyrrole nitrogens is 1. The number of aromatic nitrogens is 3. The smallest absolute Gasteiger partial charge is 0.241 e. The summed E-state index contributed by atoms with van der Waals surface area (Å²) in [6, 6.07) is 13.7. The maximum absolute atomic E-state index is 11.0. The van der Waals surface area contributed by atoms with Gasteiger partial charge in [0.25, 0.3) is 0 Å². The maximum Gasteiger partial charge on any atom is 0.241 e. The van der Waals surface area contributed by atoms with Gasteiger partial charge in [-0.25, -0.2) is 9.97 Å². The molecule has 4 aromatic rings. The lowest BCUT2D eigenvalue weighted by Crippen LogP contribution is -2.05. The molecule has 0 saturated heterocycles. The first-order valence-electron chi connectivity index (χ1n) is 8.69. The van der Waals surface area contributed by atoms with Crippen molar-refractivity contribution < 1.29 is 9.53 Å². The van der Waals surface area contributed by atoms with Gasteiger partial charge in [0.05, 0.1) is 7.11 Å². The first-order chi connectivity index (χ1) is 13.6. The molecule has 6 heteroatoms. The first-order valence-corrected chi connectivity index (χ1v) is 8.69. The molecule has 0 aliphatic carbocycles. The summed E-state index contributed by atoms with van der Waals surface area (Å²) >= 11 is 0. The largest absolute Gasteiger partial charge is 0.481 e. The minimum Gasteiger partial charge on any atom is -0.481 e. The Bertz CT molecular complexity index is 1180. The molecule has 1 amide bonds. The lowest BCUT2D eigenvalue weighted by molar-refractivity contribution is -0.113. The third-order valence-corrected chi connectivity index (χ3v) is 4.45. The molecule has 0 atom stereocenters. The van der Waals surface area contributed by atoms with E-state index in [2.05, 4.69) is 21.0 Å². The predicted molar refractivity (Wildman–Crippen MR) is 110 cm³/mol. The van der Waals surface area contributed by atoms with Crippen LogP contribution in [-0.2, 0) is 4.79 Å². The molecule has 0 aliphatic rings. The Labute approximate surface area is 161 Å². The molecule has 0 spiro atoms. The van der Waals surface area contributed by atoms with Crippen LogP contribution < -0.4 is 10.5 Å². The molecule has 0 radical (unpaired) electrons. The molecule has 0 unspecified atom stereocenters. The summed E-state index contributed by atoms with van der Waals surface area (Å²) in [6.45, 7) is 0. The van der Waals surface area contributed by atoms with E-state index >= 15 is 0 Å². The Kier molecular flexibility index (Phi) is 4.60. The van der Waals surface area contributed by atoms with Crippen LogP contribution in [0.5, 0.6) is 5.88 Å². The summed E-state index contributed by atoms with van der Waals surface area (Å²) in [5.74, 6) is 0.0989. The van der Waals surface area contributed by atoms with E-state index in [1.165, 1.54) is 6.08 Å². The van der Waals surface area contributed by atoms with Gasteiger partial charge in [-0.3, -0.25) is 4.79 Å². The Hall–Kier alpha value is -3.93. The van der Waals surface area contributed by atoms with Crippen LogP contribution in [0.4, 0.5) is 0 Å². The lowest BCUT2D eigenvalue weighted by Gasteiger charge is -2.05. The Balaban J connectivity index is 1.75. The van der Waals surface area contributed by atoms with Gasteiger partial charge in [-0.15, -0.1) is 0 Å². The van der Waals surface area contributed by atoms with Crippen molar-refractivity contribution in [3.05, 3.63) is 72.7 Å². The summed E-state index contributed by atoms with van der Waals surface area (Å²) in [4.78, 5) is 23.0. The standard InChI is InChI=1S/C22H18N4O2/c1-28-21-8-6-16(11-24-21)19-13-26-22-18(19)10-17(12-25-22)15-4-2-3-14(9-15)5-7-20(23)27/h2-13H,1H3,(H2,23,27)(H,25,26). The third-order valence-electron chi connectivity index (χ3n) is 4.45. The van der Waals surface area contributed by atoms with Crippen LogP contribution >= 0.6 is 0 Å². The van der Waals surface area contributed by atoms with Crippen LogP contribution in [-0.4, -0.2) is 28.0 Å². The topological polar surface area (TPSA) is 93.9 Å². The summed E-state index contributed by atoms with van der Waals surface area (Å²) in [5.41, 5.74) is 10.8. The van der Waals surface area contributed by atoms with Gasteiger partial charge in [-0.1, -0.05) is 18.2 Å². The minimum absolute atomic E-state index is 0.474. The van der Waals surface area contributed by atoms with Gasteiger partial charge in [-0.05, 0) is 35.4 Å². The SMILES string of the molecule is COc1ccc(-c2c[nH]c3ncc(-c4cccc(C=CC(N)=O)c4)cc23)cn1. The lowest BCUT2D eigenvalue weighted by atomic mass is 10.0. The monoisotopic (exact) mass is 370 g/mol. The highest BCUT2D eigenvalue weighted by molar-refractivity contribution is 5.96. The number of hydrogen-bond donors (Lipinski definition) is 2. The molecular weight excluding hydrogens is 352 g/mol. The zero-order valence-corrected chi connectivity index (χ0v) is 15.2. The van der Waals surface area contributed by atoms with Crippen LogP contribution in [0.2, 0.25) is 0 Å². The second-order valence-electron chi connectivity index (χ2n) is 6.27. The van der Waals surface area contributed by atoms with Gasteiger partial charge >= 0.3 is 0 Å². The summed E-state index contributed by atoms with van der Waals surface area (Å²) in [5, 5.41) is 1.00. The van der Waals surface area contributed by atoms with Crippen LogP contribution in [0.25, 0.3) is 39.4 Å². The zero-order valence-electron chi connectivity index (χ0n) is 15.2. The number of primary amides is 1. The van der Waals surface area contributed by atoms with E-state index in [9.17, 15) is 4.79 Å². The minimum atomic E-state index is -0.474. The van der Waals surface area contributed by atoms with E-state index in [4.69, 9.17) is 10.5 Å². The highest BCUT2D eigenvalue weighted by Gasteiger charge is 2.10. The zero-order chi connectivity index (χ0) is 19.5. The van der Waals surface area contributed by atoms with Gasteiger partial charge < -0.3 is 15.5 Å². The van der Waals surface area contributed by atoms with Gasteiger partial charge in [0, 0.05) is 52.8 Å². The normalized spacial score (nSPS) is 11.2. The third kappa shape index (κ3) is 3.48. The number of amides is 1. The predicted octanol–water partition coefficient (Wildman–Crippen LogP) is 3.80. The van der Waals surface area contributed by atoms with Crippen molar-refractivity contribution in [1.29, 1.82) is 0 Å². The van der Waals surface area contributed by atoms with Crippen LogP contribution in [0.1, 0.15) is 5.56 Å². The second-order valence-corrected chi connectivity index (χ2v) is 6.27. The fourth-order valence-corrected chi connectivity index (χ4v) is 3.06. The van der Waals surface area contributed by atoms with E-state index in [0.717, 1.165) is 38.9 Å². The molecule has 3 N–H and O–H groups in total. The number of fused-ring (bicyclic) bond motifs is 1. The van der Waals surface area contributed by atoms with E-state index in [1.54, 1.807) is 19.4 Å². The van der Waals surface area contributed by atoms with Crippen molar-refractivity contribution in [3.8, 4) is 28.1 Å². The summed E-state index contributed by atoms with van der Waals surface area (Å²) < 4.78 is 5.13. The van der Waals surface area contributed by atoms with Gasteiger partial charge in [-0.2, -0.15) is 0 Å². The molecule has 0 saturated carbocycles. The second kappa shape index (κ2) is 7.36. The summed E-state index contributed by atoms with van der Waals surface area (Å²) in [7, 11) is 1.59. The van der Waals surface area contributed by atoms with E-state index in [1.807, 2.05) is 48.8 Å². The van der Waals surface area contributed by atoms with E-state index in [-0.39, 0.29) is 0 Å². The number of ether oxygens (including phenoxy) is 1. The molecule has 0 fully saturated rings. The molecule has 0 bridgehead atoms. The van der Waals surface area contributed by atoms with Crippen molar-refractivity contribution in [2.45, 2.75) is 0 Å². The Morgan fingerprint density at radius 1 is 1.07 bits per heavy atom. The van der Waals surface area contributed by atoms with Gasteiger partial charge in [0.2, 0.25) is 11.8 Å². The molecule has 3 heterocycles. The summed E-state index contributed by atoms with van der Waals surface area (Å²) in [6.07, 6.45) is 8.58. The molecule has 3 aromatic heterocycles.